The van der Waals surface area contributed by atoms with Gasteiger partial charge in [-0.2, -0.15) is 0 Å². The van der Waals surface area contributed by atoms with Crippen molar-refractivity contribution in [3.05, 3.63) is 12.1 Å². The molecule has 1 heterocycles. The highest BCUT2D eigenvalue weighted by Crippen LogP contribution is 2.37. The van der Waals surface area contributed by atoms with Crippen LogP contribution in [0, 0.1) is 0 Å². The average Bonchev–Trinajstić information content (AvgIpc) is 2.36. The third-order valence-electron chi connectivity index (χ3n) is 2.79. The van der Waals surface area contributed by atoms with Crippen molar-refractivity contribution in [3.63, 3.8) is 0 Å². The minimum absolute atomic E-state index is 0.000131. The first-order valence-corrected chi connectivity index (χ1v) is 5.81. The molecule has 0 fully saturated rings. The van der Waals surface area contributed by atoms with Gasteiger partial charge in [-0.05, 0) is 6.42 Å². The first-order chi connectivity index (χ1) is 8.24. The maximum absolute atomic E-state index is 9.16. The maximum atomic E-state index is 9.16. The SMILES string of the molecule is CCC(CO)Nc1cc2c(cc1N)OCCO2. The minimum Gasteiger partial charge on any atom is -0.486 e. The van der Waals surface area contributed by atoms with Gasteiger partial charge < -0.3 is 25.6 Å². The summed E-state index contributed by atoms with van der Waals surface area (Å²) in [6.07, 6.45) is 0.824. The summed E-state index contributed by atoms with van der Waals surface area (Å²) in [5.41, 5.74) is 7.29. The molecule has 0 amide bonds. The Morgan fingerprint density at radius 3 is 2.59 bits per heavy atom. The molecule has 0 saturated carbocycles. The highest BCUT2D eigenvalue weighted by Gasteiger charge is 2.15. The van der Waals surface area contributed by atoms with Crippen molar-refractivity contribution in [1.29, 1.82) is 0 Å². The van der Waals surface area contributed by atoms with E-state index in [-0.39, 0.29) is 12.6 Å². The number of hydrogen-bond donors (Lipinski definition) is 3. The second-order valence-corrected chi connectivity index (χ2v) is 4.02. The Balaban J connectivity index is 2.22. The van der Waals surface area contributed by atoms with Crippen LogP contribution in [0.15, 0.2) is 12.1 Å². The van der Waals surface area contributed by atoms with Crippen LogP contribution in [0.3, 0.4) is 0 Å². The summed E-state index contributed by atoms with van der Waals surface area (Å²) in [7, 11) is 0. The summed E-state index contributed by atoms with van der Waals surface area (Å²) < 4.78 is 10.9. The molecule has 1 aromatic rings. The minimum atomic E-state index is -0.000131. The Labute approximate surface area is 101 Å². The topological polar surface area (TPSA) is 76.7 Å². The Kier molecular flexibility index (Phi) is 3.58. The molecule has 1 aliphatic rings. The Morgan fingerprint density at radius 2 is 2.00 bits per heavy atom. The largest absolute Gasteiger partial charge is 0.486 e. The molecule has 0 aromatic heterocycles. The van der Waals surface area contributed by atoms with E-state index in [2.05, 4.69) is 5.32 Å². The van der Waals surface area contributed by atoms with Gasteiger partial charge in [-0.1, -0.05) is 6.92 Å². The number of hydrogen-bond acceptors (Lipinski definition) is 5. The number of aliphatic hydroxyl groups is 1. The third kappa shape index (κ3) is 2.55. The molecule has 17 heavy (non-hydrogen) atoms. The lowest BCUT2D eigenvalue weighted by molar-refractivity contribution is 0.172. The van der Waals surface area contributed by atoms with Gasteiger partial charge in [0.15, 0.2) is 11.5 Å². The molecule has 0 bridgehead atoms. The number of benzene rings is 1. The van der Waals surface area contributed by atoms with Crippen LogP contribution in [0.5, 0.6) is 11.5 Å². The monoisotopic (exact) mass is 238 g/mol. The fourth-order valence-corrected chi connectivity index (χ4v) is 1.73. The number of ether oxygens (including phenoxy) is 2. The second kappa shape index (κ2) is 5.14. The zero-order valence-electron chi connectivity index (χ0n) is 9.90. The summed E-state index contributed by atoms with van der Waals surface area (Å²) >= 11 is 0. The van der Waals surface area contributed by atoms with Gasteiger partial charge in [-0.25, -0.2) is 0 Å². The van der Waals surface area contributed by atoms with Gasteiger partial charge in [0, 0.05) is 18.2 Å². The molecule has 0 radical (unpaired) electrons. The zero-order valence-corrected chi connectivity index (χ0v) is 9.90. The highest BCUT2D eigenvalue weighted by atomic mass is 16.6. The van der Waals surface area contributed by atoms with Crippen LogP contribution in [0.4, 0.5) is 11.4 Å². The maximum Gasteiger partial charge on any atom is 0.163 e. The van der Waals surface area contributed by atoms with Crippen molar-refractivity contribution < 1.29 is 14.6 Å². The first-order valence-electron chi connectivity index (χ1n) is 5.81. The van der Waals surface area contributed by atoms with Gasteiger partial charge >= 0.3 is 0 Å². The lowest BCUT2D eigenvalue weighted by atomic mass is 10.2. The molecule has 0 aliphatic carbocycles. The lowest BCUT2D eigenvalue weighted by Gasteiger charge is -2.22. The predicted molar refractivity (Wildman–Crippen MR) is 66.6 cm³/mol. The van der Waals surface area contributed by atoms with Gasteiger partial charge in [0.05, 0.1) is 18.0 Å². The standard InChI is InChI=1S/C12H18N2O3/c1-2-8(7-15)14-10-6-12-11(5-9(10)13)16-3-4-17-12/h5-6,8,14-15H,2-4,7,13H2,1H3. The van der Waals surface area contributed by atoms with E-state index in [1.807, 2.05) is 13.0 Å². The molecule has 5 nitrogen and oxygen atoms in total. The Morgan fingerprint density at radius 1 is 1.35 bits per heavy atom. The summed E-state index contributed by atoms with van der Waals surface area (Å²) in [5, 5.41) is 12.3. The van der Waals surface area contributed by atoms with Crippen molar-refractivity contribution >= 4 is 11.4 Å². The molecule has 4 N–H and O–H groups in total. The number of anilines is 2. The highest BCUT2D eigenvalue weighted by molar-refractivity contribution is 5.72. The van der Waals surface area contributed by atoms with Crippen LogP contribution < -0.4 is 20.5 Å². The van der Waals surface area contributed by atoms with Crippen LogP contribution in [-0.2, 0) is 0 Å². The molecule has 5 heteroatoms. The Bertz CT molecular complexity index is 392. The number of nitrogens with two attached hydrogens (primary N) is 1. The van der Waals surface area contributed by atoms with E-state index in [4.69, 9.17) is 20.3 Å². The molecular formula is C12H18N2O3. The predicted octanol–water partition coefficient (Wildman–Crippen LogP) is 1.22. The summed E-state index contributed by atoms with van der Waals surface area (Å²) in [6, 6.07) is 3.57. The molecule has 1 unspecified atom stereocenters. The molecule has 94 valence electrons. The van der Waals surface area contributed by atoms with E-state index in [9.17, 15) is 0 Å². The molecule has 0 spiro atoms. The number of nitrogens with one attached hydrogen (secondary N) is 1. The average molecular weight is 238 g/mol. The van der Waals surface area contributed by atoms with Crippen molar-refractivity contribution in [2.24, 2.45) is 0 Å². The first kappa shape index (κ1) is 11.9. The zero-order chi connectivity index (χ0) is 12.3. The van der Waals surface area contributed by atoms with E-state index in [1.165, 1.54) is 0 Å². The number of nitrogen functional groups attached to an aromatic ring is 1. The quantitative estimate of drug-likeness (QED) is 0.688. The molecule has 1 aromatic carbocycles. The van der Waals surface area contributed by atoms with E-state index in [0.717, 1.165) is 12.1 Å². The van der Waals surface area contributed by atoms with Crippen LogP contribution in [0.2, 0.25) is 0 Å². The van der Waals surface area contributed by atoms with Crippen LogP contribution in [0.25, 0.3) is 0 Å². The van der Waals surface area contributed by atoms with Crippen LogP contribution in [-0.4, -0.2) is 31.0 Å². The second-order valence-electron chi connectivity index (χ2n) is 4.02. The number of fused-ring (bicyclic) bond motifs is 1. The number of aliphatic hydroxyl groups excluding tert-OH is 1. The van der Waals surface area contributed by atoms with E-state index < -0.39 is 0 Å². The molecule has 1 atom stereocenters. The third-order valence-corrected chi connectivity index (χ3v) is 2.79. The van der Waals surface area contributed by atoms with Gasteiger partial charge in [0.1, 0.15) is 13.2 Å². The van der Waals surface area contributed by atoms with Crippen molar-refractivity contribution in [2.45, 2.75) is 19.4 Å². The Hall–Kier alpha value is -1.62. The van der Waals surface area contributed by atoms with Gasteiger partial charge in [0.2, 0.25) is 0 Å². The normalized spacial score (nSPS) is 15.4. The van der Waals surface area contributed by atoms with Crippen molar-refractivity contribution in [2.75, 3.05) is 30.9 Å². The number of rotatable bonds is 4. The lowest BCUT2D eigenvalue weighted by Crippen LogP contribution is -2.23. The fourth-order valence-electron chi connectivity index (χ4n) is 1.73. The molecule has 0 saturated heterocycles. The van der Waals surface area contributed by atoms with E-state index in [0.29, 0.717) is 30.4 Å². The summed E-state index contributed by atoms with van der Waals surface area (Å²) in [6.45, 7) is 3.17. The molecular weight excluding hydrogens is 220 g/mol. The molecule has 2 rings (SSSR count). The van der Waals surface area contributed by atoms with Gasteiger partial charge in [-0.15, -0.1) is 0 Å². The van der Waals surface area contributed by atoms with Crippen LogP contribution >= 0.6 is 0 Å². The summed E-state index contributed by atoms with van der Waals surface area (Å²) in [4.78, 5) is 0. The van der Waals surface area contributed by atoms with Crippen molar-refractivity contribution in [3.8, 4) is 11.5 Å². The van der Waals surface area contributed by atoms with E-state index >= 15 is 0 Å². The molecule has 1 aliphatic heterocycles. The summed E-state index contributed by atoms with van der Waals surface area (Å²) in [5.74, 6) is 1.37. The van der Waals surface area contributed by atoms with Gasteiger partial charge in [0.25, 0.3) is 0 Å². The smallest absolute Gasteiger partial charge is 0.163 e. The van der Waals surface area contributed by atoms with Crippen LogP contribution in [0.1, 0.15) is 13.3 Å². The fraction of sp³-hybridized carbons (Fsp3) is 0.500. The van der Waals surface area contributed by atoms with Crippen molar-refractivity contribution in [1.82, 2.24) is 0 Å². The van der Waals surface area contributed by atoms with E-state index in [1.54, 1.807) is 6.07 Å². The van der Waals surface area contributed by atoms with Gasteiger partial charge in [-0.3, -0.25) is 0 Å².